The van der Waals surface area contributed by atoms with Crippen molar-refractivity contribution in [2.24, 2.45) is 5.92 Å². The first-order valence-electron chi connectivity index (χ1n) is 6.05. The number of nitrogens with one attached hydrogen (secondary N) is 1. The predicted molar refractivity (Wildman–Crippen MR) is 64.9 cm³/mol. The molecule has 1 saturated heterocycles. The Morgan fingerprint density at radius 3 is 2.86 bits per heavy atom. The maximum atomic E-state index is 3.77. The maximum absolute atomic E-state index is 3.77. The van der Waals surface area contributed by atoms with E-state index in [0.717, 1.165) is 12.0 Å². The summed E-state index contributed by atoms with van der Waals surface area (Å²) in [7, 11) is 0. The van der Waals surface area contributed by atoms with Crippen molar-refractivity contribution in [3.8, 4) is 0 Å². The Kier molecular flexibility index (Phi) is 3.43. The highest BCUT2D eigenvalue weighted by atomic mass is 32.2. The first-order valence-corrected chi connectivity index (χ1v) is 7.04. The Balaban J connectivity index is 1.71. The van der Waals surface area contributed by atoms with Crippen LogP contribution in [0, 0.1) is 5.92 Å². The summed E-state index contributed by atoms with van der Waals surface area (Å²) in [5, 5.41) is 3.77. The first-order chi connectivity index (χ1) is 6.68. The van der Waals surface area contributed by atoms with E-state index in [1.165, 1.54) is 44.4 Å². The van der Waals surface area contributed by atoms with Crippen molar-refractivity contribution < 1.29 is 0 Å². The molecule has 1 nitrogen and oxygen atoms in total. The molecule has 1 heterocycles. The van der Waals surface area contributed by atoms with Gasteiger partial charge in [-0.05, 0) is 50.7 Å². The van der Waals surface area contributed by atoms with Gasteiger partial charge in [0.05, 0.1) is 0 Å². The van der Waals surface area contributed by atoms with E-state index < -0.39 is 0 Å². The van der Waals surface area contributed by atoms with Gasteiger partial charge in [-0.15, -0.1) is 0 Å². The fraction of sp³-hybridized carbons (Fsp3) is 1.00. The molecule has 2 heteroatoms. The molecule has 0 aromatic carbocycles. The Morgan fingerprint density at radius 2 is 2.29 bits per heavy atom. The Labute approximate surface area is 92.4 Å². The molecule has 1 N–H and O–H groups in total. The average molecular weight is 213 g/mol. The predicted octanol–water partition coefficient (Wildman–Crippen LogP) is 3.05. The van der Waals surface area contributed by atoms with Gasteiger partial charge in [-0.2, -0.15) is 11.8 Å². The summed E-state index contributed by atoms with van der Waals surface area (Å²) in [4.78, 5) is 0. The van der Waals surface area contributed by atoms with Crippen LogP contribution < -0.4 is 5.32 Å². The van der Waals surface area contributed by atoms with Gasteiger partial charge in [-0.25, -0.2) is 0 Å². The average Bonchev–Trinajstić information content (AvgIpc) is 2.73. The molecule has 14 heavy (non-hydrogen) atoms. The third-order valence-corrected chi connectivity index (χ3v) is 5.30. The summed E-state index contributed by atoms with van der Waals surface area (Å²) in [6.45, 7) is 6.04. The quantitative estimate of drug-likeness (QED) is 0.773. The molecular weight excluding hydrogens is 190 g/mol. The van der Waals surface area contributed by atoms with E-state index in [-0.39, 0.29) is 0 Å². The van der Waals surface area contributed by atoms with Crippen LogP contribution in [0.3, 0.4) is 0 Å². The molecule has 1 saturated carbocycles. The molecule has 2 aliphatic rings. The van der Waals surface area contributed by atoms with Crippen LogP contribution in [0.5, 0.6) is 0 Å². The largest absolute Gasteiger partial charge is 0.313 e. The standard InChI is InChI=1S/C12H23NS/c1-10-4-5-11(8-10)13-9-12(2)6-3-7-14-12/h10-11,13H,3-9H2,1-2H3. The van der Waals surface area contributed by atoms with Crippen molar-refractivity contribution in [3.63, 3.8) is 0 Å². The fourth-order valence-corrected chi connectivity index (χ4v) is 3.98. The molecular formula is C12H23NS. The van der Waals surface area contributed by atoms with E-state index in [0.29, 0.717) is 4.75 Å². The number of rotatable bonds is 3. The molecule has 0 radical (unpaired) electrons. The van der Waals surface area contributed by atoms with Crippen LogP contribution in [0.1, 0.15) is 46.0 Å². The number of hydrogen-bond donors (Lipinski definition) is 1. The van der Waals surface area contributed by atoms with Crippen molar-refractivity contribution in [1.82, 2.24) is 5.32 Å². The van der Waals surface area contributed by atoms with Gasteiger partial charge in [0.1, 0.15) is 0 Å². The Bertz CT molecular complexity index is 187. The molecule has 0 bridgehead atoms. The second-order valence-corrected chi connectivity index (χ2v) is 7.08. The van der Waals surface area contributed by atoms with Gasteiger partial charge < -0.3 is 5.32 Å². The van der Waals surface area contributed by atoms with Crippen molar-refractivity contribution in [1.29, 1.82) is 0 Å². The SMILES string of the molecule is CC1CCC(NCC2(C)CCCS2)C1. The summed E-state index contributed by atoms with van der Waals surface area (Å²) >= 11 is 2.17. The number of hydrogen-bond acceptors (Lipinski definition) is 2. The minimum atomic E-state index is 0.547. The van der Waals surface area contributed by atoms with E-state index in [9.17, 15) is 0 Å². The van der Waals surface area contributed by atoms with Gasteiger partial charge >= 0.3 is 0 Å². The molecule has 3 atom stereocenters. The zero-order valence-corrected chi connectivity index (χ0v) is 10.3. The summed E-state index contributed by atoms with van der Waals surface area (Å²) in [6, 6.07) is 0.822. The van der Waals surface area contributed by atoms with Gasteiger partial charge in [0.25, 0.3) is 0 Å². The normalized spacial score (nSPS) is 43.3. The van der Waals surface area contributed by atoms with Crippen molar-refractivity contribution in [2.45, 2.75) is 56.7 Å². The van der Waals surface area contributed by atoms with Crippen LogP contribution in [0.25, 0.3) is 0 Å². The smallest absolute Gasteiger partial charge is 0.0256 e. The molecule has 0 spiro atoms. The van der Waals surface area contributed by atoms with Gasteiger partial charge in [-0.1, -0.05) is 6.92 Å². The summed E-state index contributed by atoms with van der Waals surface area (Å²) in [5.74, 6) is 2.33. The van der Waals surface area contributed by atoms with Crippen LogP contribution in [0.4, 0.5) is 0 Å². The lowest BCUT2D eigenvalue weighted by atomic mass is 10.0. The highest BCUT2D eigenvalue weighted by Crippen LogP contribution is 2.37. The molecule has 0 aromatic heterocycles. The molecule has 0 aromatic rings. The maximum Gasteiger partial charge on any atom is 0.0256 e. The molecule has 1 aliphatic heterocycles. The molecule has 1 aliphatic carbocycles. The first kappa shape index (κ1) is 10.8. The molecule has 0 amide bonds. The van der Waals surface area contributed by atoms with Crippen LogP contribution in [0.15, 0.2) is 0 Å². The summed E-state index contributed by atoms with van der Waals surface area (Å²) in [6.07, 6.45) is 7.07. The van der Waals surface area contributed by atoms with E-state index >= 15 is 0 Å². The zero-order valence-electron chi connectivity index (χ0n) is 9.51. The van der Waals surface area contributed by atoms with Crippen LogP contribution >= 0.6 is 11.8 Å². The van der Waals surface area contributed by atoms with Gasteiger partial charge in [0, 0.05) is 17.3 Å². The zero-order chi connectivity index (χ0) is 10.0. The van der Waals surface area contributed by atoms with Crippen LogP contribution in [-0.2, 0) is 0 Å². The van der Waals surface area contributed by atoms with Crippen molar-refractivity contribution in [3.05, 3.63) is 0 Å². The second-order valence-electron chi connectivity index (χ2n) is 5.40. The van der Waals surface area contributed by atoms with Gasteiger partial charge in [0.15, 0.2) is 0 Å². The van der Waals surface area contributed by atoms with Gasteiger partial charge in [-0.3, -0.25) is 0 Å². The minimum Gasteiger partial charge on any atom is -0.313 e. The van der Waals surface area contributed by atoms with Crippen molar-refractivity contribution in [2.75, 3.05) is 12.3 Å². The van der Waals surface area contributed by atoms with E-state index in [4.69, 9.17) is 0 Å². The summed E-state index contributed by atoms with van der Waals surface area (Å²) in [5.41, 5.74) is 0. The summed E-state index contributed by atoms with van der Waals surface area (Å²) < 4.78 is 0.547. The van der Waals surface area contributed by atoms with Crippen LogP contribution in [0.2, 0.25) is 0 Å². The molecule has 82 valence electrons. The van der Waals surface area contributed by atoms with Crippen LogP contribution in [-0.4, -0.2) is 23.1 Å². The lowest BCUT2D eigenvalue weighted by molar-refractivity contribution is 0.456. The second kappa shape index (κ2) is 4.44. The van der Waals surface area contributed by atoms with Gasteiger partial charge in [0.2, 0.25) is 0 Å². The molecule has 2 rings (SSSR count). The molecule has 3 unspecified atom stereocenters. The third-order valence-electron chi connectivity index (χ3n) is 3.76. The minimum absolute atomic E-state index is 0.547. The van der Waals surface area contributed by atoms with E-state index in [1.807, 2.05) is 0 Å². The van der Waals surface area contributed by atoms with E-state index in [2.05, 4.69) is 30.9 Å². The fourth-order valence-electron chi connectivity index (χ4n) is 2.73. The highest BCUT2D eigenvalue weighted by molar-refractivity contribution is 8.00. The molecule has 2 fully saturated rings. The monoisotopic (exact) mass is 213 g/mol. The lowest BCUT2D eigenvalue weighted by Crippen LogP contribution is -2.38. The van der Waals surface area contributed by atoms with E-state index in [1.54, 1.807) is 0 Å². The number of thioether (sulfide) groups is 1. The van der Waals surface area contributed by atoms with Crippen molar-refractivity contribution >= 4 is 11.8 Å². The lowest BCUT2D eigenvalue weighted by Gasteiger charge is -2.25. The topological polar surface area (TPSA) is 12.0 Å². The highest BCUT2D eigenvalue weighted by Gasteiger charge is 2.30. The third kappa shape index (κ3) is 2.66. The Hall–Kier alpha value is 0.310. The Morgan fingerprint density at radius 1 is 1.43 bits per heavy atom.